The molecule has 0 atom stereocenters. The fourth-order valence-corrected chi connectivity index (χ4v) is 2.41. The molecule has 0 saturated heterocycles. The number of rotatable bonds is 2. The average Bonchev–Trinajstić information content (AvgIpc) is 2.47. The van der Waals surface area contributed by atoms with Gasteiger partial charge in [-0.3, -0.25) is 0 Å². The maximum atomic E-state index is 11.0. The lowest BCUT2D eigenvalue weighted by atomic mass is 10.00. The quantitative estimate of drug-likeness (QED) is 0.893. The monoisotopic (exact) mass is 254 g/mol. The predicted molar refractivity (Wildman–Crippen MR) is 72.4 cm³/mol. The van der Waals surface area contributed by atoms with E-state index < -0.39 is 5.97 Å². The van der Waals surface area contributed by atoms with Gasteiger partial charge in [-0.25, -0.2) is 9.78 Å². The van der Waals surface area contributed by atoms with Crippen molar-refractivity contribution >= 4 is 11.8 Å². The van der Waals surface area contributed by atoms with Crippen molar-refractivity contribution in [3.8, 4) is 0 Å². The molecule has 0 unspecified atom stereocenters. The maximum Gasteiger partial charge on any atom is 0.354 e. The Bertz CT molecular complexity index is 625. The second kappa shape index (κ2) is 4.72. The first kappa shape index (κ1) is 11.7. The first-order chi connectivity index (χ1) is 9.24. The topological polar surface area (TPSA) is 53.4 Å². The van der Waals surface area contributed by atoms with Crippen LogP contribution >= 0.6 is 0 Å². The fraction of sp³-hybridized carbons (Fsp3) is 0.200. The highest BCUT2D eigenvalue weighted by Crippen LogP contribution is 2.23. The maximum absolute atomic E-state index is 11.0. The molecule has 1 aromatic carbocycles. The zero-order chi connectivity index (χ0) is 13.2. The summed E-state index contributed by atoms with van der Waals surface area (Å²) in [6.07, 6.45) is 0.967. The number of carbonyl (C=O) groups is 1. The second-order valence-electron chi connectivity index (χ2n) is 4.63. The van der Waals surface area contributed by atoms with E-state index in [9.17, 15) is 4.79 Å². The molecule has 2 aromatic rings. The number of fused-ring (bicyclic) bond motifs is 1. The number of pyridine rings is 1. The molecule has 0 spiro atoms. The molecular formula is C15H14N2O2. The highest BCUT2D eigenvalue weighted by molar-refractivity contribution is 5.85. The SMILES string of the molecule is O=C(O)c1cccc(N2CCc3ccccc3C2)n1. The smallest absolute Gasteiger partial charge is 0.354 e. The van der Waals surface area contributed by atoms with Crippen LogP contribution in [0.2, 0.25) is 0 Å². The minimum atomic E-state index is -0.987. The van der Waals surface area contributed by atoms with Crippen molar-refractivity contribution < 1.29 is 9.90 Å². The Balaban J connectivity index is 1.89. The lowest BCUT2D eigenvalue weighted by Crippen LogP contribution is -2.31. The molecule has 0 fully saturated rings. The Morgan fingerprint density at radius 3 is 2.68 bits per heavy atom. The summed E-state index contributed by atoms with van der Waals surface area (Å²) in [6.45, 7) is 1.65. The second-order valence-corrected chi connectivity index (χ2v) is 4.63. The molecular weight excluding hydrogens is 240 g/mol. The number of hydrogen-bond donors (Lipinski definition) is 1. The number of aromatic carboxylic acids is 1. The predicted octanol–water partition coefficient (Wildman–Crippen LogP) is 2.34. The molecule has 96 valence electrons. The number of carboxylic acids is 1. The van der Waals surface area contributed by atoms with Gasteiger partial charge in [0, 0.05) is 13.1 Å². The van der Waals surface area contributed by atoms with E-state index in [-0.39, 0.29) is 5.69 Å². The van der Waals surface area contributed by atoms with Gasteiger partial charge in [0.05, 0.1) is 0 Å². The Morgan fingerprint density at radius 1 is 1.11 bits per heavy atom. The van der Waals surface area contributed by atoms with Gasteiger partial charge in [-0.15, -0.1) is 0 Å². The molecule has 1 aromatic heterocycles. The summed E-state index contributed by atoms with van der Waals surface area (Å²) in [5.74, 6) is -0.256. The summed E-state index contributed by atoms with van der Waals surface area (Å²) in [4.78, 5) is 17.3. The first-order valence-corrected chi connectivity index (χ1v) is 6.26. The first-order valence-electron chi connectivity index (χ1n) is 6.26. The molecule has 4 heteroatoms. The van der Waals surface area contributed by atoms with Crippen molar-refractivity contribution in [3.05, 3.63) is 59.3 Å². The van der Waals surface area contributed by atoms with Gasteiger partial charge >= 0.3 is 5.97 Å². The van der Waals surface area contributed by atoms with E-state index in [1.807, 2.05) is 12.1 Å². The van der Waals surface area contributed by atoms with Crippen LogP contribution in [0.1, 0.15) is 21.6 Å². The van der Waals surface area contributed by atoms with E-state index in [1.165, 1.54) is 17.2 Å². The van der Waals surface area contributed by atoms with Crippen molar-refractivity contribution in [1.29, 1.82) is 0 Å². The minimum Gasteiger partial charge on any atom is -0.477 e. The summed E-state index contributed by atoms with van der Waals surface area (Å²) in [7, 11) is 0. The van der Waals surface area contributed by atoms with Crippen LogP contribution in [0.25, 0.3) is 0 Å². The summed E-state index contributed by atoms with van der Waals surface area (Å²) in [5, 5.41) is 8.98. The van der Waals surface area contributed by atoms with Gasteiger partial charge < -0.3 is 10.0 Å². The summed E-state index contributed by atoms with van der Waals surface area (Å²) in [6, 6.07) is 13.5. The molecule has 0 aliphatic carbocycles. The Kier molecular flexibility index (Phi) is 2.91. The molecule has 0 amide bonds. The third-order valence-corrected chi connectivity index (χ3v) is 3.41. The van der Waals surface area contributed by atoms with Crippen LogP contribution < -0.4 is 4.90 Å². The van der Waals surface area contributed by atoms with Crippen molar-refractivity contribution in [2.75, 3.05) is 11.4 Å². The van der Waals surface area contributed by atoms with Crippen molar-refractivity contribution in [1.82, 2.24) is 4.98 Å². The van der Waals surface area contributed by atoms with Crippen LogP contribution in [0.4, 0.5) is 5.82 Å². The zero-order valence-electron chi connectivity index (χ0n) is 10.4. The van der Waals surface area contributed by atoms with Crippen LogP contribution in [-0.2, 0) is 13.0 Å². The lowest BCUT2D eigenvalue weighted by molar-refractivity contribution is 0.0690. The molecule has 0 saturated carbocycles. The van der Waals surface area contributed by atoms with Crippen LogP contribution in [0.3, 0.4) is 0 Å². The van der Waals surface area contributed by atoms with Crippen molar-refractivity contribution in [2.24, 2.45) is 0 Å². The third-order valence-electron chi connectivity index (χ3n) is 3.41. The van der Waals surface area contributed by atoms with E-state index >= 15 is 0 Å². The number of hydrogen-bond acceptors (Lipinski definition) is 3. The van der Waals surface area contributed by atoms with Crippen molar-refractivity contribution in [2.45, 2.75) is 13.0 Å². The van der Waals surface area contributed by atoms with Crippen LogP contribution in [-0.4, -0.2) is 22.6 Å². The molecule has 2 heterocycles. The van der Waals surface area contributed by atoms with Gasteiger partial charge in [-0.2, -0.15) is 0 Å². The molecule has 4 nitrogen and oxygen atoms in total. The molecule has 1 aliphatic rings. The highest BCUT2D eigenvalue weighted by Gasteiger charge is 2.17. The van der Waals surface area contributed by atoms with E-state index in [0.717, 1.165) is 25.3 Å². The fourth-order valence-electron chi connectivity index (χ4n) is 2.41. The number of carboxylic acid groups (broad SMARTS) is 1. The molecule has 19 heavy (non-hydrogen) atoms. The molecule has 0 bridgehead atoms. The molecule has 1 N–H and O–H groups in total. The normalized spacial score (nSPS) is 14.0. The van der Waals surface area contributed by atoms with Crippen molar-refractivity contribution in [3.63, 3.8) is 0 Å². The van der Waals surface area contributed by atoms with Gasteiger partial charge in [0.25, 0.3) is 0 Å². The molecule has 0 radical (unpaired) electrons. The van der Waals surface area contributed by atoms with E-state index in [1.54, 1.807) is 6.07 Å². The Morgan fingerprint density at radius 2 is 1.89 bits per heavy atom. The summed E-state index contributed by atoms with van der Waals surface area (Å²) in [5.41, 5.74) is 2.75. The van der Waals surface area contributed by atoms with Gasteiger partial charge in [-0.05, 0) is 29.7 Å². The van der Waals surface area contributed by atoms with E-state index in [4.69, 9.17) is 5.11 Å². The van der Waals surface area contributed by atoms with E-state index in [2.05, 4.69) is 28.1 Å². The van der Waals surface area contributed by atoms with Gasteiger partial charge in [0.15, 0.2) is 5.69 Å². The Labute approximate surface area is 111 Å². The number of nitrogens with zero attached hydrogens (tertiary/aromatic N) is 2. The van der Waals surface area contributed by atoms with Gasteiger partial charge in [-0.1, -0.05) is 30.3 Å². The van der Waals surface area contributed by atoms with Gasteiger partial charge in [0.1, 0.15) is 5.82 Å². The molecule has 1 aliphatic heterocycles. The number of aromatic nitrogens is 1. The summed E-state index contributed by atoms with van der Waals surface area (Å²) < 4.78 is 0. The largest absolute Gasteiger partial charge is 0.477 e. The number of benzene rings is 1. The lowest BCUT2D eigenvalue weighted by Gasteiger charge is -2.29. The third kappa shape index (κ3) is 2.29. The highest BCUT2D eigenvalue weighted by atomic mass is 16.4. The average molecular weight is 254 g/mol. The van der Waals surface area contributed by atoms with Crippen LogP contribution in [0.5, 0.6) is 0 Å². The molecule has 3 rings (SSSR count). The standard InChI is InChI=1S/C15H14N2O2/c18-15(19)13-6-3-7-14(16-13)17-9-8-11-4-1-2-5-12(11)10-17/h1-7H,8-10H2,(H,18,19). The van der Waals surface area contributed by atoms with Crippen LogP contribution in [0.15, 0.2) is 42.5 Å². The zero-order valence-corrected chi connectivity index (χ0v) is 10.4. The van der Waals surface area contributed by atoms with E-state index in [0.29, 0.717) is 0 Å². The van der Waals surface area contributed by atoms with Gasteiger partial charge in [0.2, 0.25) is 0 Å². The Hall–Kier alpha value is -2.36. The van der Waals surface area contributed by atoms with Crippen LogP contribution in [0, 0.1) is 0 Å². The summed E-state index contributed by atoms with van der Waals surface area (Å²) >= 11 is 0. The minimum absolute atomic E-state index is 0.0939. The number of anilines is 1.